The summed E-state index contributed by atoms with van der Waals surface area (Å²) in [5.41, 5.74) is -0.449. The van der Waals surface area contributed by atoms with Crippen LogP contribution in [0.1, 0.15) is 62.0 Å². The highest BCUT2D eigenvalue weighted by molar-refractivity contribution is 6.42. The third-order valence-corrected chi connectivity index (χ3v) is 7.40. The molecule has 1 aromatic heterocycles. The molecule has 0 aromatic carbocycles. The summed E-state index contributed by atoms with van der Waals surface area (Å²) in [6.07, 6.45) is 1.25. The number of ether oxygens (including phenoxy) is 1. The molecule has 31 heavy (non-hydrogen) atoms. The van der Waals surface area contributed by atoms with Crippen molar-refractivity contribution < 1.29 is 22.8 Å². The Morgan fingerprint density at radius 2 is 2.06 bits per heavy atom. The van der Waals surface area contributed by atoms with Crippen molar-refractivity contribution in [2.75, 3.05) is 0 Å². The molecule has 3 aliphatic carbocycles. The van der Waals surface area contributed by atoms with Gasteiger partial charge in [-0.25, -0.2) is 8.78 Å². The summed E-state index contributed by atoms with van der Waals surface area (Å²) >= 11 is 12.4. The van der Waals surface area contributed by atoms with Gasteiger partial charge in [0.2, 0.25) is 0 Å². The predicted molar refractivity (Wildman–Crippen MR) is 115 cm³/mol. The monoisotopic (exact) mass is 471 g/mol. The molecule has 3 aliphatic rings. The number of carbonyl (C=O) groups excluding carboxylic acids is 1. The van der Waals surface area contributed by atoms with E-state index in [0.29, 0.717) is 29.0 Å². The van der Waals surface area contributed by atoms with Crippen LogP contribution in [-0.2, 0) is 16.1 Å². The lowest BCUT2D eigenvalue weighted by atomic mass is 9.75. The molecule has 4 atom stereocenters. The van der Waals surface area contributed by atoms with Gasteiger partial charge < -0.3 is 9.26 Å². The van der Waals surface area contributed by atoms with Gasteiger partial charge in [0.15, 0.2) is 0 Å². The fraction of sp³-hybridized carbons (Fsp3) is 0.565. The van der Waals surface area contributed by atoms with Gasteiger partial charge in [0.05, 0.1) is 11.6 Å². The average Bonchev–Trinajstić information content (AvgIpc) is 3.46. The van der Waals surface area contributed by atoms with E-state index in [1.165, 1.54) is 6.08 Å². The third-order valence-electron chi connectivity index (χ3n) is 6.86. The van der Waals surface area contributed by atoms with Crippen LogP contribution in [0, 0.1) is 17.8 Å². The van der Waals surface area contributed by atoms with E-state index in [4.69, 9.17) is 32.5 Å². The molecule has 3 saturated carbocycles. The fourth-order valence-corrected chi connectivity index (χ4v) is 5.49. The standard InChI is InChI=1S/C23H25Cl2F2NO3/c1-4-17(25)18(12(3)24)19-16(21(31-28-19)13-5-6-13)10-30-23(22(26)27)8-14-7-11(2)15(9-23)20(14)29/h4,11,13-15,22H,1,3,5-10H2,2H3/b18-17-. The van der Waals surface area contributed by atoms with Gasteiger partial charge in [0, 0.05) is 33.9 Å². The van der Waals surface area contributed by atoms with Crippen LogP contribution < -0.4 is 0 Å². The minimum atomic E-state index is -2.71. The highest BCUT2D eigenvalue weighted by Crippen LogP contribution is 2.52. The van der Waals surface area contributed by atoms with E-state index in [1.54, 1.807) is 0 Å². The number of hydrogen-bond acceptors (Lipinski definition) is 4. The Labute approximate surface area is 190 Å². The smallest absolute Gasteiger partial charge is 0.267 e. The zero-order valence-electron chi connectivity index (χ0n) is 17.3. The molecular weight excluding hydrogens is 447 g/mol. The van der Waals surface area contributed by atoms with Crippen molar-refractivity contribution in [2.24, 2.45) is 17.8 Å². The Morgan fingerprint density at radius 1 is 1.35 bits per heavy atom. The van der Waals surface area contributed by atoms with E-state index in [2.05, 4.69) is 18.3 Å². The van der Waals surface area contributed by atoms with Crippen LogP contribution in [0.2, 0.25) is 0 Å². The van der Waals surface area contributed by atoms with E-state index in [-0.39, 0.29) is 59.0 Å². The molecule has 0 N–H and O–H groups in total. The Balaban J connectivity index is 1.68. The topological polar surface area (TPSA) is 52.3 Å². The van der Waals surface area contributed by atoms with Crippen LogP contribution in [0.15, 0.2) is 33.8 Å². The van der Waals surface area contributed by atoms with Crippen LogP contribution in [0.4, 0.5) is 8.78 Å². The van der Waals surface area contributed by atoms with Gasteiger partial charge in [-0.05, 0) is 44.1 Å². The first kappa shape index (κ1) is 22.7. The second-order valence-corrected chi connectivity index (χ2v) is 9.82. The van der Waals surface area contributed by atoms with Gasteiger partial charge in [-0.3, -0.25) is 4.79 Å². The van der Waals surface area contributed by atoms with Crippen molar-refractivity contribution in [2.45, 2.75) is 63.6 Å². The number of hydrogen-bond donors (Lipinski definition) is 0. The van der Waals surface area contributed by atoms with Gasteiger partial charge in [-0.1, -0.05) is 48.4 Å². The summed E-state index contributed by atoms with van der Waals surface area (Å²) in [6.45, 7) is 9.22. The molecule has 4 rings (SSSR count). The number of Topliss-reactive ketones (excluding diaryl/α,β-unsaturated/α-hetero) is 1. The summed E-state index contributed by atoms with van der Waals surface area (Å²) in [5, 5.41) is 4.51. The summed E-state index contributed by atoms with van der Waals surface area (Å²) in [4.78, 5) is 12.4. The van der Waals surface area contributed by atoms with Crippen LogP contribution >= 0.6 is 23.2 Å². The number of rotatable bonds is 8. The molecule has 168 valence electrons. The molecule has 0 saturated heterocycles. The predicted octanol–water partition coefficient (Wildman–Crippen LogP) is 6.60. The zero-order valence-corrected chi connectivity index (χ0v) is 18.8. The quantitative estimate of drug-likeness (QED) is 0.401. The van der Waals surface area contributed by atoms with E-state index < -0.39 is 12.0 Å². The number of fused-ring (bicyclic) bond motifs is 2. The highest BCUT2D eigenvalue weighted by Gasteiger charge is 2.56. The molecule has 0 aliphatic heterocycles. The Hall–Kier alpha value is -1.50. The number of halogens is 4. The molecule has 0 amide bonds. The molecule has 4 unspecified atom stereocenters. The molecule has 1 heterocycles. The van der Waals surface area contributed by atoms with Gasteiger partial charge in [-0.2, -0.15) is 0 Å². The van der Waals surface area contributed by atoms with Crippen molar-refractivity contribution in [3.63, 3.8) is 0 Å². The lowest BCUT2D eigenvalue weighted by Crippen LogP contribution is -2.48. The molecule has 0 radical (unpaired) electrons. The molecule has 2 bridgehead atoms. The molecular formula is C23H25Cl2F2NO3. The van der Waals surface area contributed by atoms with E-state index in [1.807, 2.05) is 6.92 Å². The number of aromatic nitrogens is 1. The summed E-state index contributed by atoms with van der Waals surface area (Å²) in [6, 6.07) is 0. The van der Waals surface area contributed by atoms with Crippen LogP contribution in [0.25, 0.3) is 5.57 Å². The maximum absolute atomic E-state index is 14.3. The van der Waals surface area contributed by atoms with Crippen LogP contribution in [0.5, 0.6) is 0 Å². The Bertz CT molecular complexity index is 953. The van der Waals surface area contributed by atoms with E-state index in [9.17, 15) is 13.6 Å². The summed E-state index contributed by atoms with van der Waals surface area (Å²) in [5.74, 6) is 0.200. The van der Waals surface area contributed by atoms with Crippen molar-refractivity contribution in [1.82, 2.24) is 5.16 Å². The van der Waals surface area contributed by atoms with Gasteiger partial charge >= 0.3 is 0 Å². The number of carbonyl (C=O) groups is 1. The Morgan fingerprint density at radius 3 is 2.61 bits per heavy atom. The minimum Gasteiger partial charge on any atom is -0.364 e. The fourth-order valence-electron chi connectivity index (χ4n) is 5.04. The SMILES string of the molecule is C=C/C(Cl)=C(\C(=C)Cl)c1noc(C2CC2)c1COC1(C(F)F)CC2CC(C)C(C1)C2=O. The lowest BCUT2D eigenvalue weighted by Gasteiger charge is -2.39. The zero-order chi connectivity index (χ0) is 22.5. The maximum atomic E-state index is 14.3. The number of ketones is 1. The van der Waals surface area contributed by atoms with Gasteiger partial charge in [-0.15, -0.1) is 0 Å². The maximum Gasteiger partial charge on any atom is 0.267 e. The second kappa shape index (κ2) is 8.45. The first-order chi connectivity index (χ1) is 14.7. The van der Waals surface area contributed by atoms with Gasteiger partial charge in [0.25, 0.3) is 6.43 Å². The minimum absolute atomic E-state index is 0.0267. The first-order valence-corrected chi connectivity index (χ1v) is 11.3. The molecule has 3 fully saturated rings. The van der Waals surface area contributed by atoms with Crippen molar-refractivity contribution in [3.05, 3.63) is 46.3 Å². The second-order valence-electron chi connectivity index (χ2n) is 8.96. The van der Waals surface area contributed by atoms with Crippen LogP contribution in [0.3, 0.4) is 0 Å². The number of alkyl halides is 2. The van der Waals surface area contributed by atoms with Crippen molar-refractivity contribution in [1.29, 1.82) is 0 Å². The largest absolute Gasteiger partial charge is 0.364 e. The highest BCUT2D eigenvalue weighted by atomic mass is 35.5. The molecule has 0 spiro atoms. The van der Waals surface area contributed by atoms with Crippen molar-refractivity contribution >= 4 is 34.6 Å². The Kier molecular flexibility index (Phi) is 6.18. The normalized spacial score (nSPS) is 31.2. The lowest BCUT2D eigenvalue weighted by molar-refractivity contribution is -0.180. The van der Waals surface area contributed by atoms with E-state index >= 15 is 0 Å². The number of allylic oxidation sites excluding steroid dienone is 4. The van der Waals surface area contributed by atoms with Crippen molar-refractivity contribution in [3.8, 4) is 0 Å². The molecule has 4 nitrogen and oxygen atoms in total. The molecule has 1 aromatic rings. The van der Waals surface area contributed by atoms with Crippen LogP contribution in [-0.4, -0.2) is 23.0 Å². The first-order valence-electron chi connectivity index (χ1n) is 10.5. The third kappa shape index (κ3) is 4.03. The van der Waals surface area contributed by atoms with Gasteiger partial charge in [0.1, 0.15) is 22.8 Å². The summed E-state index contributed by atoms with van der Waals surface area (Å²) in [7, 11) is 0. The average molecular weight is 472 g/mol. The molecule has 8 heteroatoms. The number of nitrogens with zero attached hydrogens (tertiary/aromatic N) is 1. The summed E-state index contributed by atoms with van der Waals surface area (Å²) < 4.78 is 40.2. The van der Waals surface area contributed by atoms with E-state index in [0.717, 1.165) is 12.8 Å².